The number of aromatic nitrogens is 2. The van der Waals surface area contributed by atoms with Crippen LogP contribution in [0.5, 0.6) is 0 Å². The van der Waals surface area contributed by atoms with Crippen LogP contribution in [-0.2, 0) is 9.59 Å². The molecule has 0 aliphatic carbocycles. The molecule has 0 radical (unpaired) electrons. The van der Waals surface area contributed by atoms with Crippen molar-refractivity contribution in [2.75, 3.05) is 5.32 Å². The molecular formula is C14H13ClN4O2. The second kappa shape index (κ2) is 5.57. The number of para-hydroxylation sites is 1. The zero-order chi connectivity index (χ0) is 14.8. The van der Waals surface area contributed by atoms with E-state index in [1.165, 1.54) is 6.20 Å². The lowest BCUT2D eigenvalue weighted by molar-refractivity contribution is -0.122. The van der Waals surface area contributed by atoms with Crippen molar-refractivity contribution < 1.29 is 9.59 Å². The molecule has 0 bridgehead atoms. The van der Waals surface area contributed by atoms with Crippen molar-refractivity contribution >= 4 is 29.1 Å². The maximum atomic E-state index is 12.0. The molecule has 1 aliphatic rings. The molecule has 1 saturated heterocycles. The predicted octanol–water partition coefficient (Wildman–Crippen LogP) is 1.74. The maximum Gasteiger partial charge on any atom is 0.247 e. The summed E-state index contributed by atoms with van der Waals surface area (Å²) in [6, 6.07) is 6.82. The third-order valence-electron chi connectivity index (χ3n) is 3.26. The van der Waals surface area contributed by atoms with E-state index in [0.29, 0.717) is 23.6 Å². The fourth-order valence-corrected chi connectivity index (χ4v) is 2.42. The molecule has 0 saturated carbocycles. The summed E-state index contributed by atoms with van der Waals surface area (Å²) in [7, 11) is 0. The molecular weight excluding hydrogens is 292 g/mol. The van der Waals surface area contributed by atoms with E-state index in [1.54, 1.807) is 16.9 Å². The Balaban J connectivity index is 1.72. The Morgan fingerprint density at radius 2 is 2.24 bits per heavy atom. The van der Waals surface area contributed by atoms with Gasteiger partial charge in [-0.2, -0.15) is 5.10 Å². The zero-order valence-corrected chi connectivity index (χ0v) is 11.8. The van der Waals surface area contributed by atoms with Crippen LogP contribution in [0.4, 0.5) is 5.69 Å². The first kappa shape index (κ1) is 13.6. The lowest BCUT2D eigenvalue weighted by Gasteiger charge is -2.09. The Bertz CT molecular complexity index is 698. The second-order valence-corrected chi connectivity index (χ2v) is 5.18. The largest absolute Gasteiger partial charge is 0.344 e. The summed E-state index contributed by atoms with van der Waals surface area (Å²) < 4.78 is 1.59. The van der Waals surface area contributed by atoms with E-state index in [9.17, 15) is 9.59 Å². The Kier molecular flexibility index (Phi) is 3.62. The van der Waals surface area contributed by atoms with Crippen LogP contribution in [0.1, 0.15) is 12.8 Å². The van der Waals surface area contributed by atoms with E-state index < -0.39 is 6.04 Å². The summed E-state index contributed by atoms with van der Waals surface area (Å²) in [6.07, 6.45) is 4.12. The molecule has 2 heterocycles. The van der Waals surface area contributed by atoms with Gasteiger partial charge in [-0.05, 0) is 18.6 Å². The molecule has 6 nitrogen and oxygen atoms in total. The number of nitrogens with zero attached hydrogens (tertiary/aromatic N) is 2. The maximum absolute atomic E-state index is 12.0. The number of halogens is 1. The van der Waals surface area contributed by atoms with Crippen molar-refractivity contribution in [1.29, 1.82) is 0 Å². The molecule has 2 aromatic rings. The van der Waals surface area contributed by atoms with E-state index in [2.05, 4.69) is 15.7 Å². The fraction of sp³-hybridized carbons (Fsp3) is 0.214. The number of hydrogen-bond donors (Lipinski definition) is 2. The van der Waals surface area contributed by atoms with Crippen LogP contribution in [0, 0.1) is 0 Å². The molecule has 0 unspecified atom stereocenters. The number of carbonyl (C=O) groups is 2. The van der Waals surface area contributed by atoms with Gasteiger partial charge in [0.15, 0.2) is 0 Å². The first-order chi connectivity index (χ1) is 10.1. The molecule has 1 aromatic heterocycles. The quantitative estimate of drug-likeness (QED) is 0.907. The van der Waals surface area contributed by atoms with Gasteiger partial charge in [0, 0.05) is 6.42 Å². The van der Waals surface area contributed by atoms with Crippen LogP contribution in [0.3, 0.4) is 0 Å². The highest BCUT2D eigenvalue weighted by molar-refractivity contribution is 6.32. The summed E-state index contributed by atoms with van der Waals surface area (Å²) >= 11 is 6.10. The molecule has 0 spiro atoms. The lowest BCUT2D eigenvalue weighted by atomic mass is 10.2. The van der Waals surface area contributed by atoms with Crippen LogP contribution >= 0.6 is 11.6 Å². The van der Waals surface area contributed by atoms with Crippen LogP contribution in [0.25, 0.3) is 5.69 Å². The first-order valence-electron chi connectivity index (χ1n) is 6.53. The number of carbonyl (C=O) groups excluding carboxylic acids is 2. The normalized spacial score (nSPS) is 17.6. The molecule has 2 amide bonds. The van der Waals surface area contributed by atoms with Gasteiger partial charge in [-0.3, -0.25) is 9.59 Å². The average Bonchev–Trinajstić information content (AvgIpc) is 3.08. The molecule has 108 valence electrons. The van der Waals surface area contributed by atoms with Crippen molar-refractivity contribution in [3.8, 4) is 5.69 Å². The minimum Gasteiger partial charge on any atom is -0.344 e. The van der Waals surface area contributed by atoms with Crippen LogP contribution in [0.15, 0.2) is 36.7 Å². The topological polar surface area (TPSA) is 76.0 Å². The van der Waals surface area contributed by atoms with E-state index in [0.717, 1.165) is 5.69 Å². The van der Waals surface area contributed by atoms with E-state index in [-0.39, 0.29) is 11.8 Å². The van der Waals surface area contributed by atoms with Crippen LogP contribution in [0.2, 0.25) is 5.02 Å². The van der Waals surface area contributed by atoms with Crippen molar-refractivity contribution in [3.63, 3.8) is 0 Å². The van der Waals surface area contributed by atoms with Gasteiger partial charge >= 0.3 is 0 Å². The van der Waals surface area contributed by atoms with Gasteiger partial charge in [-0.15, -0.1) is 0 Å². The summed E-state index contributed by atoms with van der Waals surface area (Å²) in [6.45, 7) is 0. The van der Waals surface area contributed by atoms with E-state index in [1.807, 2.05) is 18.2 Å². The summed E-state index contributed by atoms with van der Waals surface area (Å²) in [4.78, 5) is 23.1. The summed E-state index contributed by atoms with van der Waals surface area (Å²) in [5, 5.41) is 10.1. The fourth-order valence-electron chi connectivity index (χ4n) is 2.20. The first-order valence-corrected chi connectivity index (χ1v) is 6.91. The zero-order valence-electron chi connectivity index (χ0n) is 11.0. The van der Waals surface area contributed by atoms with Gasteiger partial charge in [-0.25, -0.2) is 4.68 Å². The minimum absolute atomic E-state index is 0.0955. The third-order valence-corrected chi connectivity index (χ3v) is 3.58. The van der Waals surface area contributed by atoms with Gasteiger partial charge in [0.05, 0.1) is 28.8 Å². The Morgan fingerprint density at radius 1 is 1.43 bits per heavy atom. The van der Waals surface area contributed by atoms with Gasteiger partial charge < -0.3 is 10.6 Å². The smallest absolute Gasteiger partial charge is 0.247 e. The molecule has 1 aliphatic heterocycles. The molecule has 1 fully saturated rings. The lowest BCUT2D eigenvalue weighted by Crippen LogP contribution is -2.37. The van der Waals surface area contributed by atoms with Gasteiger partial charge in [0.25, 0.3) is 0 Å². The van der Waals surface area contributed by atoms with Gasteiger partial charge in [0.2, 0.25) is 11.8 Å². The highest BCUT2D eigenvalue weighted by Crippen LogP contribution is 2.20. The molecule has 1 atom stereocenters. The summed E-state index contributed by atoms with van der Waals surface area (Å²) in [5.41, 5.74) is 1.29. The van der Waals surface area contributed by atoms with Crippen molar-refractivity contribution in [2.24, 2.45) is 0 Å². The van der Waals surface area contributed by atoms with E-state index in [4.69, 9.17) is 11.6 Å². The minimum atomic E-state index is -0.471. The number of benzene rings is 1. The number of anilines is 1. The number of amides is 2. The van der Waals surface area contributed by atoms with Gasteiger partial charge in [-0.1, -0.05) is 23.7 Å². The van der Waals surface area contributed by atoms with Crippen molar-refractivity contribution in [1.82, 2.24) is 15.1 Å². The molecule has 7 heteroatoms. The highest BCUT2D eigenvalue weighted by atomic mass is 35.5. The number of rotatable bonds is 3. The Morgan fingerprint density at radius 3 is 2.95 bits per heavy atom. The number of nitrogens with one attached hydrogen (secondary N) is 2. The Hall–Kier alpha value is -2.34. The predicted molar refractivity (Wildman–Crippen MR) is 78.4 cm³/mol. The summed E-state index contributed by atoms with van der Waals surface area (Å²) in [5.74, 6) is -0.332. The average molecular weight is 305 g/mol. The molecule has 1 aromatic carbocycles. The molecule has 2 N–H and O–H groups in total. The van der Waals surface area contributed by atoms with Gasteiger partial charge in [0.1, 0.15) is 6.04 Å². The standard InChI is InChI=1S/C14H13ClN4O2/c15-10-3-1-2-4-12(10)19-8-9(7-16-19)17-14(21)11-5-6-13(20)18-11/h1-4,7-8,11H,5-6H2,(H,17,21)(H,18,20)/t11-/m0/s1. The second-order valence-electron chi connectivity index (χ2n) is 4.77. The highest BCUT2D eigenvalue weighted by Gasteiger charge is 2.27. The SMILES string of the molecule is O=C1CC[C@@H](C(=O)Nc2cnn(-c3ccccc3Cl)c2)N1. The third kappa shape index (κ3) is 2.90. The Labute approximate surface area is 126 Å². The number of hydrogen-bond acceptors (Lipinski definition) is 3. The van der Waals surface area contributed by atoms with Crippen molar-refractivity contribution in [3.05, 3.63) is 41.7 Å². The molecule has 3 rings (SSSR count). The van der Waals surface area contributed by atoms with E-state index >= 15 is 0 Å². The van der Waals surface area contributed by atoms with Crippen LogP contribution < -0.4 is 10.6 Å². The molecule has 21 heavy (non-hydrogen) atoms. The van der Waals surface area contributed by atoms with Crippen molar-refractivity contribution in [2.45, 2.75) is 18.9 Å². The monoisotopic (exact) mass is 304 g/mol. The van der Waals surface area contributed by atoms with Crippen LogP contribution in [-0.4, -0.2) is 27.6 Å².